The number of amides is 2. The number of hydrogen-bond donors (Lipinski definition) is 1. The van der Waals surface area contributed by atoms with Crippen molar-refractivity contribution >= 4 is 17.5 Å². The van der Waals surface area contributed by atoms with Crippen LogP contribution in [0.5, 0.6) is 5.75 Å². The van der Waals surface area contributed by atoms with Gasteiger partial charge in [-0.25, -0.2) is 0 Å². The fraction of sp³-hybridized carbons (Fsp3) is 0.619. The van der Waals surface area contributed by atoms with Crippen molar-refractivity contribution in [1.82, 2.24) is 10.2 Å². The van der Waals surface area contributed by atoms with Crippen molar-refractivity contribution in [2.75, 3.05) is 44.2 Å². The van der Waals surface area contributed by atoms with Gasteiger partial charge in [0.25, 0.3) is 5.91 Å². The number of piperidine rings is 1. The molecule has 0 saturated carbocycles. The van der Waals surface area contributed by atoms with Gasteiger partial charge in [0, 0.05) is 32.6 Å². The molecule has 0 aromatic heterocycles. The number of nitrogens with zero attached hydrogens (tertiary/aromatic N) is 2. The van der Waals surface area contributed by atoms with Crippen molar-refractivity contribution in [2.24, 2.45) is 11.8 Å². The Kier molecular flexibility index (Phi) is 6.72. The molecule has 0 bridgehead atoms. The molecular weight excluding hydrogens is 342 g/mol. The van der Waals surface area contributed by atoms with E-state index in [1.165, 1.54) is 6.42 Å². The summed E-state index contributed by atoms with van der Waals surface area (Å²) >= 11 is 0. The number of benzene rings is 1. The molecule has 27 heavy (non-hydrogen) atoms. The number of para-hydroxylation sites is 2. The van der Waals surface area contributed by atoms with E-state index in [4.69, 9.17) is 4.74 Å². The molecule has 2 aliphatic heterocycles. The van der Waals surface area contributed by atoms with Crippen LogP contribution in [0, 0.1) is 11.8 Å². The molecule has 2 unspecified atom stereocenters. The normalized spacial score (nSPS) is 22.9. The van der Waals surface area contributed by atoms with Gasteiger partial charge in [0.2, 0.25) is 5.91 Å². The maximum absolute atomic E-state index is 12.2. The maximum Gasteiger partial charge on any atom is 0.265 e. The lowest BCUT2D eigenvalue weighted by Crippen LogP contribution is -2.41. The van der Waals surface area contributed by atoms with E-state index in [2.05, 4.69) is 24.1 Å². The first-order valence-corrected chi connectivity index (χ1v) is 10.0. The van der Waals surface area contributed by atoms with Crippen LogP contribution in [0.2, 0.25) is 0 Å². The van der Waals surface area contributed by atoms with Crippen LogP contribution >= 0.6 is 0 Å². The minimum atomic E-state index is -0.102. The van der Waals surface area contributed by atoms with Crippen LogP contribution in [-0.2, 0) is 9.59 Å². The van der Waals surface area contributed by atoms with Crippen molar-refractivity contribution in [3.05, 3.63) is 24.3 Å². The molecule has 6 heteroatoms. The van der Waals surface area contributed by atoms with Crippen LogP contribution in [-0.4, -0.2) is 56.0 Å². The summed E-state index contributed by atoms with van der Waals surface area (Å²) in [5, 5.41) is 2.99. The van der Waals surface area contributed by atoms with Crippen molar-refractivity contribution in [1.29, 1.82) is 0 Å². The molecule has 0 radical (unpaired) electrons. The van der Waals surface area contributed by atoms with Gasteiger partial charge in [-0.1, -0.05) is 26.0 Å². The van der Waals surface area contributed by atoms with Crippen LogP contribution in [0.1, 0.15) is 33.1 Å². The van der Waals surface area contributed by atoms with Gasteiger partial charge >= 0.3 is 0 Å². The van der Waals surface area contributed by atoms with E-state index in [-0.39, 0.29) is 18.4 Å². The first-order chi connectivity index (χ1) is 13.0. The van der Waals surface area contributed by atoms with Gasteiger partial charge in [0.15, 0.2) is 6.61 Å². The Hall–Kier alpha value is -2.08. The van der Waals surface area contributed by atoms with Gasteiger partial charge in [-0.15, -0.1) is 0 Å². The average Bonchev–Trinajstić information content (AvgIpc) is 2.63. The highest BCUT2D eigenvalue weighted by molar-refractivity contribution is 5.98. The molecule has 1 fully saturated rings. The molecule has 1 saturated heterocycles. The number of hydrogen-bond acceptors (Lipinski definition) is 4. The molecule has 0 aliphatic carbocycles. The number of nitrogens with one attached hydrogen (secondary N) is 1. The van der Waals surface area contributed by atoms with Crippen LogP contribution in [0.3, 0.4) is 0 Å². The minimum Gasteiger partial charge on any atom is -0.482 e. The molecule has 0 spiro atoms. The van der Waals surface area contributed by atoms with Crippen molar-refractivity contribution in [2.45, 2.75) is 33.1 Å². The zero-order valence-corrected chi connectivity index (χ0v) is 16.4. The lowest BCUT2D eigenvalue weighted by Gasteiger charge is -2.34. The van der Waals surface area contributed by atoms with E-state index in [1.54, 1.807) is 4.90 Å². The first kappa shape index (κ1) is 19.7. The van der Waals surface area contributed by atoms with Crippen molar-refractivity contribution in [3.63, 3.8) is 0 Å². The smallest absolute Gasteiger partial charge is 0.265 e. The highest BCUT2D eigenvalue weighted by Gasteiger charge is 2.25. The average molecular weight is 373 g/mol. The van der Waals surface area contributed by atoms with Crippen LogP contribution in [0.25, 0.3) is 0 Å². The quantitative estimate of drug-likeness (QED) is 0.745. The van der Waals surface area contributed by atoms with Gasteiger partial charge in [-0.2, -0.15) is 0 Å². The topological polar surface area (TPSA) is 61.9 Å². The number of rotatable bonds is 7. The molecule has 2 amide bonds. The van der Waals surface area contributed by atoms with Crippen LogP contribution in [0.4, 0.5) is 5.69 Å². The summed E-state index contributed by atoms with van der Waals surface area (Å²) in [7, 11) is 0. The molecule has 148 valence electrons. The summed E-state index contributed by atoms with van der Waals surface area (Å²) in [5.41, 5.74) is 0.745. The Balaban J connectivity index is 1.37. The lowest BCUT2D eigenvalue weighted by molar-refractivity contribution is -0.122. The third-order valence-corrected chi connectivity index (χ3v) is 5.29. The van der Waals surface area contributed by atoms with Gasteiger partial charge in [-0.3, -0.25) is 9.59 Å². The van der Waals surface area contributed by atoms with Crippen molar-refractivity contribution in [3.8, 4) is 5.75 Å². The molecular formula is C21H31N3O3. The molecule has 2 heterocycles. The fourth-order valence-electron chi connectivity index (χ4n) is 4.21. The third-order valence-electron chi connectivity index (χ3n) is 5.29. The summed E-state index contributed by atoms with van der Waals surface area (Å²) in [6.45, 7) is 9.09. The molecule has 6 nitrogen and oxygen atoms in total. The van der Waals surface area contributed by atoms with Gasteiger partial charge < -0.3 is 19.9 Å². The molecule has 1 aromatic carbocycles. The second-order valence-corrected chi connectivity index (χ2v) is 7.96. The number of carbonyl (C=O) groups is 2. The SMILES string of the molecule is CC1CC(C)CN(CCCNC(=O)CCN2C(=O)COc3ccccc32)C1. The Morgan fingerprint density at radius 2 is 1.93 bits per heavy atom. The second kappa shape index (κ2) is 9.22. The van der Waals surface area contributed by atoms with Gasteiger partial charge in [0.1, 0.15) is 5.75 Å². The largest absolute Gasteiger partial charge is 0.482 e. The summed E-state index contributed by atoms with van der Waals surface area (Å²) in [5.74, 6) is 2.11. The number of anilines is 1. The third kappa shape index (κ3) is 5.45. The summed E-state index contributed by atoms with van der Waals surface area (Å²) in [6.07, 6.45) is 2.58. The second-order valence-electron chi connectivity index (χ2n) is 7.96. The Morgan fingerprint density at radius 3 is 2.70 bits per heavy atom. The van der Waals surface area contributed by atoms with E-state index >= 15 is 0 Å². The number of ether oxygens (including phenoxy) is 1. The Labute approximate surface area is 161 Å². The summed E-state index contributed by atoms with van der Waals surface area (Å²) in [6, 6.07) is 7.45. The summed E-state index contributed by atoms with van der Waals surface area (Å²) in [4.78, 5) is 28.4. The molecule has 1 aromatic rings. The van der Waals surface area contributed by atoms with E-state index < -0.39 is 0 Å². The van der Waals surface area contributed by atoms with E-state index in [1.807, 2.05) is 24.3 Å². The predicted octanol–water partition coefficient (Wildman–Crippen LogP) is 2.29. The van der Waals surface area contributed by atoms with Crippen LogP contribution < -0.4 is 15.0 Å². The molecule has 1 N–H and O–H groups in total. The monoisotopic (exact) mass is 373 g/mol. The minimum absolute atomic E-state index is 0.00727. The van der Waals surface area contributed by atoms with E-state index in [9.17, 15) is 9.59 Å². The molecule has 2 aliphatic rings. The predicted molar refractivity (Wildman–Crippen MR) is 106 cm³/mol. The van der Waals surface area contributed by atoms with Crippen LogP contribution in [0.15, 0.2) is 24.3 Å². The first-order valence-electron chi connectivity index (χ1n) is 10.0. The van der Waals surface area contributed by atoms with Gasteiger partial charge in [0.05, 0.1) is 5.69 Å². The molecule has 3 rings (SSSR count). The lowest BCUT2D eigenvalue weighted by atomic mass is 9.92. The molecule has 2 atom stereocenters. The Morgan fingerprint density at radius 1 is 1.19 bits per heavy atom. The van der Waals surface area contributed by atoms with Gasteiger partial charge in [-0.05, 0) is 43.4 Å². The van der Waals surface area contributed by atoms with Crippen molar-refractivity contribution < 1.29 is 14.3 Å². The number of carbonyl (C=O) groups excluding carboxylic acids is 2. The Bertz CT molecular complexity index is 654. The fourth-order valence-corrected chi connectivity index (χ4v) is 4.21. The highest BCUT2D eigenvalue weighted by Crippen LogP contribution is 2.31. The zero-order chi connectivity index (χ0) is 19.2. The highest BCUT2D eigenvalue weighted by atomic mass is 16.5. The zero-order valence-electron chi connectivity index (χ0n) is 16.4. The maximum atomic E-state index is 12.2. The van der Waals surface area contributed by atoms with E-state index in [0.29, 0.717) is 25.3 Å². The number of likely N-dealkylation sites (tertiary alicyclic amines) is 1. The van der Waals surface area contributed by atoms with E-state index in [0.717, 1.165) is 43.6 Å². The number of fused-ring (bicyclic) bond motifs is 1. The summed E-state index contributed by atoms with van der Waals surface area (Å²) < 4.78 is 5.43. The standard InChI is InChI=1S/C21H31N3O3/c1-16-12-17(2)14-23(13-16)10-5-9-22-20(25)8-11-24-18-6-3-4-7-19(18)27-15-21(24)26/h3-4,6-7,16-17H,5,8-15H2,1-2H3,(H,22,25).